The van der Waals surface area contributed by atoms with Crippen LogP contribution in [0.3, 0.4) is 0 Å². The molecular weight excluding hydrogens is 564 g/mol. The van der Waals surface area contributed by atoms with E-state index in [9.17, 15) is 21.6 Å². The molecule has 1 amide bonds. The van der Waals surface area contributed by atoms with Crippen molar-refractivity contribution in [1.29, 1.82) is 0 Å². The van der Waals surface area contributed by atoms with Crippen molar-refractivity contribution in [1.82, 2.24) is 18.9 Å². The summed E-state index contributed by atoms with van der Waals surface area (Å²) in [7, 11) is -8.18. The topological polar surface area (TPSA) is 130 Å². The molecule has 3 heterocycles. The molecule has 1 aliphatic heterocycles. The van der Waals surface area contributed by atoms with Crippen LogP contribution in [-0.2, 0) is 36.8 Å². The van der Waals surface area contributed by atoms with Gasteiger partial charge in [0, 0.05) is 31.2 Å². The van der Waals surface area contributed by atoms with Gasteiger partial charge in [0.2, 0.25) is 26.0 Å². The van der Waals surface area contributed by atoms with Gasteiger partial charge >= 0.3 is 0 Å². The zero-order chi connectivity index (χ0) is 29.4. The van der Waals surface area contributed by atoms with E-state index < -0.39 is 32.0 Å². The van der Waals surface area contributed by atoms with Gasteiger partial charge in [-0.15, -0.1) is 0 Å². The summed E-state index contributed by atoms with van der Waals surface area (Å²) in [6, 6.07) is 16.7. The summed E-state index contributed by atoms with van der Waals surface area (Å²) < 4.78 is 62.6. The van der Waals surface area contributed by atoms with Gasteiger partial charge in [-0.2, -0.15) is 8.61 Å². The van der Waals surface area contributed by atoms with Crippen molar-refractivity contribution >= 4 is 36.9 Å². The molecule has 1 unspecified atom stereocenters. The Morgan fingerprint density at radius 2 is 1.68 bits per heavy atom. The monoisotopic (exact) mass is 596 g/mol. The lowest BCUT2D eigenvalue weighted by atomic mass is 9.87. The first-order chi connectivity index (χ1) is 19.4. The Morgan fingerprint density at radius 1 is 0.951 bits per heavy atom. The lowest BCUT2D eigenvalue weighted by Crippen LogP contribution is -2.61. The van der Waals surface area contributed by atoms with E-state index in [2.05, 4.69) is 10.3 Å². The smallest absolute Gasteiger partial charge is 0.243 e. The second-order valence-corrected chi connectivity index (χ2v) is 14.8. The maximum absolute atomic E-state index is 13.9. The number of nitrogens with one attached hydrogen (secondary N) is 1. The number of carbonyl (C=O) groups is 1. The number of benzene rings is 2. The molecule has 41 heavy (non-hydrogen) atoms. The van der Waals surface area contributed by atoms with Crippen LogP contribution in [0.15, 0.2) is 93.4 Å². The van der Waals surface area contributed by atoms with Crippen LogP contribution in [0.4, 0.5) is 0 Å². The quantitative estimate of drug-likeness (QED) is 0.346. The molecule has 0 aliphatic carbocycles. The van der Waals surface area contributed by atoms with Gasteiger partial charge in [-0.1, -0.05) is 39.0 Å². The fourth-order valence-corrected chi connectivity index (χ4v) is 7.84. The van der Waals surface area contributed by atoms with Gasteiger partial charge in [-0.3, -0.25) is 9.78 Å². The van der Waals surface area contributed by atoms with Crippen LogP contribution in [0.5, 0.6) is 0 Å². The minimum absolute atomic E-state index is 0.00379. The third-order valence-corrected chi connectivity index (χ3v) is 10.9. The van der Waals surface area contributed by atoms with Crippen LogP contribution >= 0.6 is 0 Å². The number of amides is 1. The third kappa shape index (κ3) is 5.91. The van der Waals surface area contributed by atoms with Crippen molar-refractivity contribution in [2.24, 2.45) is 0 Å². The number of hydrogen-bond acceptors (Lipinski definition) is 7. The lowest BCUT2D eigenvalue weighted by Gasteiger charge is -2.39. The molecule has 1 atom stereocenters. The normalized spacial score (nSPS) is 17.5. The zero-order valence-corrected chi connectivity index (χ0v) is 24.7. The van der Waals surface area contributed by atoms with Crippen LogP contribution in [0.2, 0.25) is 0 Å². The number of fused-ring (bicyclic) bond motifs is 1. The van der Waals surface area contributed by atoms with Crippen LogP contribution in [0, 0.1) is 0 Å². The molecule has 216 valence electrons. The SMILES string of the molecule is CC(C)(C)c1ccc(S(=O)(=O)N2CCN(S(=O)(=O)c3ccc4ncccc4c3)C(C(=O)NCc3ccco3)C2)cc1. The van der Waals surface area contributed by atoms with E-state index in [0.29, 0.717) is 16.7 Å². The molecule has 0 radical (unpaired) electrons. The fraction of sp³-hybridized carbons (Fsp3) is 0.310. The molecule has 2 aromatic carbocycles. The van der Waals surface area contributed by atoms with E-state index in [1.807, 2.05) is 20.8 Å². The maximum Gasteiger partial charge on any atom is 0.243 e. The molecule has 0 spiro atoms. The molecule has 1 N–H and O–H groups in total. The Morgan fingerprint density at radius 3 is 2.37 bits per heavy atom. The van der Waals surface area contributed by atoms with E-state index in [0.717, 1.165) is 9.87 Å². The Hall–Kier alpha value is -3.58. The summed E-state index contributed by atoms with van der Waals surface area (Å²) in [6.45, 7) is 5.47. The lowest BCUT2D eigenvalue weighted by molar-refractivity contribution is -0.126. The van der Waals surface area contributed by atoms with Gasteiger partial charge in [0.1, 0.15) is 11.8 Å². The predicted octanol–water partition coefficient (Wildman–Crippen LogP) is 3.51. The minimum Gasteiger partial charge on any atom is -0.467 e. The summed E-state index contributed by atoms with van der Waals surface area (Å²) >= 11 is 0. The highest BCUT2D eigenvalue weighted by Crippen LogP contribution is 2.29. The fourth-order valence-electron chi connectivity index (χ4n) is 4.79. The molecular formula is C29H32N4O6S2. The van der Waals surface area contributed by atoms with Gasteiger partial charge in [-0.25, -0.2) is 16.8 Å². The summed E-state index contributed by atoms with van der Waals surface area (Å²) in [5.41, 5.74) is 1.46. The Bertz CT molecular complexity index is 1760. The van der Waals surface area contributed by atoms with E-state index >= 15 is 0 Å². The molecule has 12 heteroatoms. The number of sulfonamides is 2. The molecule has 1 aliphatic rings. The van der Waals surface area contributed by atoms with Gasteiger partial charge in [-0.05, 0) is 59.5 Å². The summed E-state index contributed by atoms with van der Waals surface area (Å²) in [6.07, 6.45) is 3.08. The second-order valence-electron chi connectivity index (χ2n) is 10.9. The number of furan rings is 1. The van der Waals surface area contributed by atoms with E-state index in [4.69, 9.17) is 4.42 Å². The summed E-state index contributed by atoms with van der Waals surface area (Å²) in [4.78, 5) is 17.8. The first-order valence-electron chi connectivity index (χ1n) is 13.1. The highest BCUT2D eigenvalue weighted by atomic mass is 32.2. The number of piperazine rings is 1. The molecule has 1 saturated heterocycles. The number of pyridine rings is 1. The number of hydrogen-bond donors (Lipinski definition) is 1. The standard InChI is InChI=1S/C29H32N4O6S2/c1-29(2,3)22-8-10-24(11-9-22)40(35,36)32-15-16-33(27(20-32)28(34)31-19-23-7-5-17-39-23)41(37,38)25-12-13-26-21(18-25)6-4-14-30-26/h4-14,17-18,27H,15-16,19-20H2,1-3H3,(H,31,34). The maximum atomic E-state index is 13.9. The third-order valence-electron chi connectivity index (χ3n) is 7.15. The van der Waals surface area contributed by atoms with Crippen molar-refractivity contribution in [2.45, 2.75) is 48.6 Å². The van der Waals surface area contributed by atoms with Gasteiger partial charge in [0.25, 0.3) is 0 Å². The molecule has 10 nitrogen and oxygen atoms in total. The van der Waals surface area contributed by atoms with Gasteiger partial charge in [0.15, 0.2) is 0 Å². The van der Waals surface area contributed by atoms with Crippen LogP contribution < -0.4 is 5.32 Å². The Labute approximate surface area is 240 Å². The van der Waals surface area contributed by atoms with Gasteiger partial charge in [0.05, 0.1) is 28.1 Å². The molecule has 4 aromatic rings. The number of rotatable bonds is 7. The zero-order valence-electron chi connectivity index (χ0n) is 23.0. The number of carbonyl (C=O) groups excluding carboxylic acids is 1. The van der Waals surface area contributed by atoms with Crippen molar-refractivity contribution in [3.05, 3.63) is 90.5 Å². The predicted molar refractivity (Wildman–Crippen MR) is 154 cm³/mol. The molecule has 1 fully saturated rings. The van der Waals surface area contributed by atoms with E-state index in [-0.39, 0.29) is 41.4 Å². The minimum atomic E-state index is -4.18. The van der Waals surface area contributed by atoms with Crippen LogP contribution in [-0.4, -0.2) is 62.0 Å². The first-order valence-corrected chi connectivity index (χ1v) is 16.0. The number of nitrogens with zero attached hydrogens (tertiary/aromatic N) is 3. The number of aromatic nitrogens is 1. The van der Waals surface area contributed by atoms with Crippen molar-refractivity contribution in [3.8, 4) is 0 Å². The molecule has 0 saturated carbocycles. The highest BCUT2D eigenvalue weighted by molar-refractivity contribution is 7.89. The van der Waals surface area contributed by atoms with Crippen molar-refractivity contribution in [3.63, 3.8) is 0 Å². The summed E-state index contributed by atoms with van der Waals surface area (Å²) in [5, 5.41) is 3.34. The second kappa shape index (κ2) is 11.0. The average molecular weight is 597 g/mol. The molecule has 2 aromatic heterocycles. The Kier molecular flexibility index (Phi) is 7.77. The first kappa shape index (κ1) is 28.9. The van der Waals surface area contributed by atoms with Crippen molar-refractivity contribution in [2.75, 3.05) is 19.6 Å². The van der Waals surface area contributed by atoms with Gasteiger partial charge < -0.3 is 9.73 Å². The molecule has 5 rings (SSSR count). The summed E-state index contributed by atoms with van der Waals surface area (Å²) in [5.74, 6) is -0.149. The van der Waals surface area contributed by atoms with Crippen LogP contribution in [0.1, 0.15) is 32.1 Å². The largest absolute Gasteiger partial charge is 0.467 e. The highest BCUT2D eigenvalue weighted by Gasteiger charge is 2.43. The average Bonchev–Trinajstić information content (AvgIpc) is 3.49. The molecule has 0 bridgehead atoms. The van der Waals surface area contributed by atoms with Crippen LogP contribution in [0.25, 0.3) is 10.9 Å². The van der Waals surface area contributed by atoms with Crippen molar-refractivity contribution < 1.29 is 26.0 Å². The Balaban J connectivity index is 1.46. The van der Waals surface area contributed by atoms with E-state index in [1.54, 1.807) is 60.8 Å². The van der Waals surface area contributed by atoms with E-state index in [1.165, 1.54) is 22.7 Å².